The molecule has 0 aliphatic rings. The summed E-state index contributed by atoms with van der Waals surface area (Å²) in [7, 11) is 0. The highest BCUT2D eigenvalue weighted by molar-refractivity contribution is 7.99. The Morgan fingerprint density at radius 1 is 1.50 bits per heavy atom. The third-order valence-electron chi connectivity index (χ3n) is 0.592. The van der Waals surface area contributed by atoms with Crippen LogP contribution in [0.2, 0.25) is 0 Å². The van der Waals surface area contributed by atoms with E-state index in [9.17, 15) is 8.78 Å². The van der Waals surface area contributed by atoms with Gasteiger partial charge in [-0.2, -0.15) is 11.8 Å². The van der Waals surface area contributed by atoms with Crippen LogP contribution in [0.15, 0.2) is 0 Å². The topological polar surface area (TPSA) is 0 Å². The molecule has 0 rings (SSSR count). The number of rotatable bonds is 4. The summed E-state index contributed by atoms with van der Waals surface area (Å²) in [6.45, 7) is 1.98. The van der Waals surface area contributed by atoms with Crippen molar-refractivity contribution in [1.82, 2.24) is 0 Å². The van der Waals surface area contributed by atoms with Gasteiger partial charge in [0.1, 0.15) is 0 Å². The van der Waals surface area contributed by atoms with Crippen LogP contribution in [0.25, 0.3) is 0 Å². The monoisotopic (exact) mass is 140 g/mol. The molecule has 0 saturated carbocycles. The molecule has 0 bridgehead atoms. The van der Waals surface area contributed by atoms with E-state index >= 15 is 0 Å². The smallest absolute Gasteiger partial charge is 0.210 e. The molecule has 0 aliphatic heterocycles. The van der Waals surface area contributed by atoms with Crippen molar-refractivity contribution < 1.29 is 8.78 Å². The summed E-state index contributed by atoms with van der Waals surface area (Å²) in [5.41, 5.74) is 0. The Labute approximate surface area is 52.7 Å². The number of hydrogen-bond acceptors (Lipinski definition) is 1. The predicted molar refractivity (Wildman–Crippen MR) is 33.6 cm³/mol. The maximum Gasteiger partial charge on any atom is 0.247 e. The molecule has 0 aromatic carbocycles. The highest BCUT2D eigenvalue weighted by Gasteiger charge is 1.99. The zero-order chi connectivity index (χ0) is 6.41. The van der Waals surface area contributed by atoms with Gasteiger partial charge in [-0.05, 0) is 12.2 Å². The SMILES string of the molecule is CCCSCC(F)F. The molecular weight excluding hydrogens is 130 g/mol. The average Bonchev–Trinajstić information content (AvgIpc) is 1.66. The Balaban J connectivity index is 2.72. The van der Waals surface area contributed by atoms with E-state index in [0.717, 1.165) is 12.2 Å². The van der Waals surface area contributed by atoms with Crippen LogP contribution in [0.5, 0.6) is 0 Å². The van der Waals surface area contributed by atoms with Gasteiger partial charge in [-0.1, -0.05) is 6.92 Å². The summed E-state index contributed by atoms with van der Waals surface area (Å²) in [4.78, 5) is 0. The minimum atomic E-state index is -2.13. The fourth-order valence-corrected chi connectivity index (χ4v) is 0.950. The van der Waals surface area contributed by atoms with Gasteiger partial charge >= 0.3 is 0 Å². The van der Waals surface area contributed by atoms with Gasteiger partial charge in [0.05, 0.1) is 5.75 Å². The fraction of sp³-hybridized carbons (Fsp3) is 1.00. The first-order valence-corrected chi connectivity index (χ1v) is 3.78. The zero-order valence-corrected chi connectivity index (χ0v) is 5.68. The second-order valence-corrected chi connectivity index (χ2v) is 2.62. The highest BCUT2D eigenvalue weighted by Crippen LogP contribution is 2.06. The van der Waals surface area contributed by atoms with Crippen LogP contribution in [-0.2, 0) is 0 Å². The molecule has 0 unspecified atom stereocenters. The molecule has 0 nitrogen and oxygen atoms in total. The molecule has 0 heterocycles. The highest BCUT2D eigenvalue weighted by atomic mass is 32.2. The molecule has 0 atom stereocenters. The maximum atomic E-state index is 11.3. The van der Waals surface area contributed by atoms with E-state index in [0.29, 0.717) is 0 Å². The maximum absolute atomic E-state index is 11.3. The van der Waals surface area contributed by atoms with Gasteiger partial charge in [-0.25, -0.2) is 8.78 Å². The summed E-state index contributed by atoms with van der Waals surface area (Å²) in [6.07, 6.45) is -1.15. The molecule has 0 radical (unpaired) electrons. The molecule has 8 heavy (non-hydrogen) atoms. The van der Waals surface area contributed by atoms with Gasteiger partial charge in [-0.3, -0.25) is 0 Å². The van der Waals surface area contributed by atoms with Gasteiger partial charge in [-0.15, -0.1) is 0 Å². The Morgan fingerprint density at radius 2 is 2.12 bits per heavy atom. The third kappa shape index (κ3) is 6.21. The minimum Gasteiger partial charge on any atom is -0.210 e. The first-order valence-electron chi connectivity index (χ1n) is 2.63. The standard InChI is InChI=1S/C5H10F2S/c1-2-3-8-4-5(6)7/h5H,2-4H2,1H3. The van der Waals surface area contributed by atoms with E-state index in [2.05, 4.69) is 0 Å². The molecule has 0 aliphatic carbocycles. The lowest BCUT2D eigenvalue weighted by Gasteiger charge is -1.94. The fourth-order valence-electron chi connectivity index (χ4n) is 0.317. The molecule has 50 valence electrons. The summed E-state index contributed by atoms with van der Waals surface area (Å²) in [5.74, 6) is 0.845. The van der Waals surface area contributed by atoms with E-state index in [1.807, 2.05) is 6.92 Å². The lowest BCUT2D eigenvalue weighted by atomic mass is 10.6. The van der Waals surface area contributed by atoms with Crippen LogP contribution in [0.1, 0.15) is 13.3 Å². The van der Waals surface area contributed by atoms with Gasteiger partial charge in [0, 0.05) is 0 Å². The second kappa shape index (κ2) is 5.35. The van der Waals surface area contributed by atoms with Crippen LogP contribution in [0, 0.1) is 0 Å². The molecule has 3 heteroatoms. The molecule has 0 amide bonds. The second-order valence-electron chi connectivity index (χ2n) is 1.47. The van der Waals surface area contributed by atoms with Crippen molar-refractivity contribution in [1.29, 1.82) is 0 Å². The largest absolute Gasteiger partial charge is 0.247 e. The Kier molecular flexibility index (Phi) is 5.49. The zero-order valence-electron chi connectivity index (χ0n) is 4.86. The summed E-state index contributed by atoms with van der Waals surface area (Å²) < 4.78 is 22.7. The number of hydrogen-bond donors (Lipinski definition) is 0. The summed E-state index contributed by atoms with van der Waals surface area (Å²) >= 11 is 1.31. The van der Waals surface area contributed by atoms with Crippen LogP contribution in [0.3, 0.4) is 0 Å². The molecule has 0 aromatic rings. The molecule has 0 aromatic heterocycles. The van der Waals surface area contributed by atoms with Gasteiger partial charge in [0.25, 0.3) is 0 Å². The molecule has 0 fully saturated rings. The van der Waals surface area contributed by atoms with E-state index in [1.165, 1.54) is 11.8 Å². The average molecular weight is 140 g/mol. The summed E-state index contributed by atoms with van der Waals surface area (Å²) in [6, 6.07) is 0. The lowest BCUT2D eigenvalue weighted by Crippen LogP contribution is -1.93. The van der Waals surface area contributed by atoms with E-state index < -0.39 is 6.43 Å². The van der Waals surface area contributed by atoms with Crippen molar-refractivity contribution in [2.24, 2.45) is 0 Å². The van der Waals surface area contributed by atoms with Crippen molar-refractivity contribution in [2.75, 3.05) is 11.5 Å². The quantitative estimate of drug-likeness (QED) is 0.540. The van der Waals surface area contributed by atoms with Gasteiger partial charge < -0.3 is 0 Å². The predicted octanol–water partition coefficient (Wildman–Crippen LogP) is 2.39. The normalized spacial score (nSPS) is 10.5. The van der Waals surface area contributed by atoms with Crippen LogP contribution in [-0.4, -0.2) is 17.9 Å². The van der Waals surface area contributed by atoms with E-state index in [-0.39, 0.29) is 5.75 Å². The van der Waals surface area contributed by atoms with Crippen molar-refractivity contribution >= 4 is 11.8 Å². The third-order valence-corrected chi connectivity index (χ3v) is 1.78. The Bertz CT molecular complexity index is 47.7. The van der Waals surface area contributed by atoms with E-state index in [4.69, 9.17) is 0 Å². The van der Waals surface area contributed by atoms with Crippen molar-refractivity contribution in [3.05, 3.63) is 0 Å². The first kappa shape index (κ1) is 8.21. The molecule has 0 spiro atoms. The van der Waals surface area contributed by atoms with E-state index in [1.54, 1.807) is 0 Å². The van der Waals surface area contributed by atoms with Crippen molar-refractivity contribution in [3.63, 3.8) is 0 Å². The summed E-state index contributed by atoms with van der Waals surface area (Å²) in [5, 5.41) is 0. The Morgan fingerprint density at radius 3 is 2.50 bits per heavy atom. The molecular formula is C5H10F2S. The van der Waals surface area contributed by atoms with Crippen LogP contribution < -0.4 is 0 Å². The molecule has 0 N–H and O–H groups in total. The number of halogens is 2. The molecule has 0 saturated heterocycles. The van der Waals surface area contributed by atoms with Gasteiger partial charge in [0.15, 0.2) is 0 Å². The Hall–Kier alpha value is 0.210. The minimum absolute atomic E-state index is 0.00611. The number of alkyl halides is 2. The van der Waals surface area contributed by atoms with Crippen LogP contribution >= 0.6 is 11.8 Å². The van der Waals surface area contributed by atoms with Crippen molar-refractivity contribution in [2.45, 2.75) is 19.8 Å². The number of thioether (sulfide) groups is 1. The lowest BCUT2D eigenvalue weighted by molar-refractivity contribution is 0.177. The van der Waals surface area contributed by atoms with Crippen LogP contribution in [0.4, 0.5) is 8.78 Å². The van der Waals surface area contributed by atoms with Crippen molar-refractivity contribution in [3.8, 4) is 0 Å². The first-order chi connectivity index (χ1) is 3.77. The van der Waals surface area contributed by atoms with Gasteiger partial charge in [0.2, 0.25) is 6.43 Å².